The second kappa shape index (κ2) is 9.06. The smallest absolute Gasteiger partial charge is 0.396 e. The number of aliphatic hydroxyl groups excluding tert-OH is 1. The summed E-state index contributed by atoms with van der Waals surface area (Å²) in [6, 6.07) is 4.20. The van der Waals surface area contributed by atoms with Crippen molar-refractivity contribution in [2.24, 2.45) is 0 Å². The van der Waals surface area contributed by atoms with Crippen molar-refractivity contribution in [1.29, 1.82) is 0 Å². The van der Waals surface area contributed by atoms with Crippen LogP contribution < -0.4 is 10.6 Å². The Kier molecular flexibility index (Phi) is 7.42. The molecule has 1 rings (SSSR count). The van der Waals surface area contributed by atoms with Crippen molar-refractivity contribution < 1.29 is 23.1 Å². The standard InChI is InChI=1S/C16H19F3N2O2/c1-12(5-4-10-22)21-15(23)20-9-3-7-13-6-2-8-14(11-13)16(17,18)19/h2,6,8,11-12,22H,4-5,9-10H2,1H3,(H2,20,21,23). The quantitative estimate of drug-likeness (QED) is 0.728. The minimum Gasteiger partial charge on any atom is -0.396 e. The van der Waals surface area contributed by atoms with Crippen molar-refractivity contribution in [2.45, 2.75) is 32.0 Å². The van der Waals surface area contributed by atoms with E-state index in [4.69, 9.17) is 5.11 Å². The highest BCUT2D eigenvalue weighted by Gasteiger charge is 2.30. The summed E-state index contributed by atoms with van der Waals surface area (Å²) in [5.41, 5.74) is -0.522. The fraction of sp³-hybridized carbons (Fsp3) is 0.438. The van der Waals surface area contributed by atoms with Gasteiger partial charge in [-0.2, -0.15) is 13.2 Å². The number of benzene rings is 1. The molecule has 4 nitrogen and oxygen atoms in total. The summed E-state index contributed by atoms with van der Waals surface area (Å²) in [5.74, 6) is 5.17. The van der Waals surface area contributed by atoms with Crippen LogP contribution >= 0.6 is 0 Å². The average molecular weight is 328 g/mol. The van der Waals surface area contributed by atoms with E-state index >= 15 is 0 Å². The van der Waals surface area contributed by atoms with Crippen LogP contribution in [-0.4, -0.2) is 30.3 Å². The van der Waals surface area contributed by atoms with Crippen molar-refractivity contribution in [2.75, 3.05) is 13.2 Å². The number of carbonyl (C=O) groups is 1. The fourth-order valence-electron chi connectivity index (χ4n) is 1.79. The van der Waals surface area contributed by atoms with Crippen LogP contribution in [0.4, 0.5) is 18.0 Å². The van der Waals surface area contributed by atoms with Crippen LogP contribution in [0.2, 0.25) is 0 Å². The Bertz CT molecular complexity index is 577. The van der Waals surface area contributed by atoms with E-state index in [1.54, 1.807) is 0 Å². The van der Waals surface area contributed by atoms with Gasteiger partial charge >= 0.3 is 12.2 Å². The molecule has 1 atom stereocenters. The Labute approximate surface area is 133 Å². The monoisotopic (exact) mass is 328 g/mol. The van der Waals surface area contributed by atoms with Crippen molar-refractivity contribution >= 4 is 6.03 Å². The molecule has 1 aromatic rings. The third kappa shape index (κ3) is 7.56. The van der Waals surface area contributed by atoms with Gasteiger partial charge in [-0.1, -0.05) is 17.9 Å². The number of alkyl halides is 3. The molecule has 2 amide bonds. The van der Waals surface area contributed by atoms with E-state index in [2.05, 4.69) is 22.5 Å². The Morgan fingerprint density at radius 3 is 2.78 bits per heavy atom. The number of urea groups is 1. The Morgan fingerprint density at radius 2 is 2.13 bits per heavy atom. The highest BCUT2D eigenvalue weighted by atomic mass is 19.4. The highest BCUT2D eigenvalue weighted by Crippen LogP contribution is 2.29. The van der Waals surface area contributed by atoms with E-state index in [0.29, 0.717) is 12.8 Å². The molecule has 0 saturated carbocycles. The first kappa shape index (κ1) is 18.8. The first-order valence-corrected chi connectivity index (χ1v) is 7.14. The number of hydrogen-bond donors (Lipinski definition) is 3. The zero-order valence-electron chi connectivity index (χ0n) is 12.7. The predicted octanol–water partition coefficient (Wildman–Crippen LogP) is 2.52. The molecule has 0 aromatic heterocycles. The van der Waals surface area contributed by atoms with Crippen molar-refractivity contribution in [3.05, 3.63) is 35.4 Å². The second-order valence-electron chi connectivity index (χ2n) is 4.97. The van der Waals surface area contributed by atoms with Crippen LogP contribution in [0.5, 0.6) is 0 Å². The summed E-state index contributed by atoms with van der Waals surface area (Å²) in [6.45, 7) is 1.90. The van der Waals surface area contributed by atoms with E-state index in [0.717, 1.165) is 12.1 Å². The molecule has 0 heterocycles. The molecule has 0 radical (unpaired) electrons. The van der Waals surface area contributed by atoms with Gasteiger partial charge in [0.1, 0.15) is 0 Å². The minimum atomic E-state index is -4.40. The molecule has 0 aliphatic carbocycles. The highest BCUT2D eigenvalue weighted by molar-refractivity contribution is 5.74. The largest absolute Gasteiger partial charge is 0.416 e. The summed E-state index contributed by atoms with van der Waals surface area (Å²) in [6.07, 6.45) is -3.16. The molecule has 0 fully saturated rings. The number of hydrogen-bond acceptors (Lipinski definition) is 2. The second-order valence-corrected chi connectivity index (χ2v) is 4.97. The molecule has 1 unspecified atom stereocenters. The lowest BCUT2D eigenvalue weighted by Gasteiger charge is -2.12. The Morgan fingerprint density at radius 1 is 1.39 bits per heavy atom. The van der Waals surface area contributed by atoms with Crippen LogP contribution in [0.15, 0.2) is 24.3 Å². The van der Waals surface area contributed by atoms with E-state index < -0.39 is 17.8 Å². The van der Waals surface area contributed by atoms with Crippen LogP contribution in [0.25, 0.3) is 0 Å². The summed E-state index contributed by atoms with van der Waals surface area (Å²) in [5, 5.41) is 13.8. The lowest BCUT2D eigenvalue weighted by molar-refractivity contribution is -0.137. The molecule has 0 spiro atoms. The molecular weight excluding hydrogens is 309 g/mol. The molecule has 7 heteroatoms. The Hall–Kier alpha value is -2.20. The molecule has 0 aliphatic rings. The van der Waals surface area contributed by atoms with Crippen LogP contribution in [0.1, 0.15) is 30.9 Å². The van der Waals surface area contributed by atoms with Gasteiger partial charge in [0.05, 0.1) is 12.1 Å². The van der Waals surface area contributed by atoms with E-state index in [-0.39, 0.29) is 24.8 Å². The third-order valence-electron chi connectivity index (χ3n) is 2.93. The zero-order chi connectivity index (χ0) is 17.3. The fourth-order valence-corrected chi connectivity index (χ4v) is 1.79. The number of aliphatic hydroxyl groups is 1. The summed E-state index contributed by atoms with van der Waals surface area (Å²) in [4.78, 5) is 11.5. The van der Waals surface area contributed by atoms with Crippen molar-refractivity contribution in [3.8, 4) is 11.8 Å². The van der Waals surface area contributed by atoms with Gasteiger partial charge in [-0.15, -0.1) is 0 Å². The minimum absolute atomic E-state index is 0.0226. The van der Waals surface area contributed by atoms with Gasteiger partial charge in [0.15, 0.2) is 0 Å². The van der Waals surface area contributed by atoms with E-state index in [1.807, 2.05) is 6.92 Å². The normalized spacial score (nSPS) is 12.0. The van der Waals surface area contributed by atoms with Gasteiger partial charge in [-0.3, -0.25) is 0 Å². The van der Waals surface area contributed by atoms with Gasteiger partial charge in [0.25, 0.3) is 0 Å². The molecule has 1 aromatic carbocycles. The topological polar surface area (TPSA) is 61.4 Å². The Balaban J connectivity index is 2.45. The summed E-state index contributed by atoms with van der Waals surface area (Å²) >= 11 is 0. The average Bonchev–Trinajstić information content (AvgIpc) is 2.49. The SMILES string of the molecule is CC(CCCO)NC(=O)NCC#Cc1cccc(C(F)(F)F)c1. The van der Waals surface area contributed by atoms with Crippen molar-refractivity contribution in [3.63, 3.8) is 0 Å². The van der Waals surface area contributed by atoms with Gasteiger partial charge in [0.2, 0.25) is 0 Å². The van der Waals surface area contributed by atoms with E-state index in [1.165, 1.54) is 12.1 Å². The molecule has 23 heavy (non-hydrogen) atoms. The molecule has 0 aliphatic heterocycles. The molecule has 126 valence electrons. The molecule has 3 N–H and O–H groups in total. The third-order valence-corrected chi connectivity index (χ3v) is 2.93. The first-order valence-electron chi connectivity index (χ1n) is 7.14. The van der Waals surface area contributed by atoms with Crippen molar-refractivity contribution in [1.82, 2.24) is 10.6 Å². The van der Waals surface area contributed by atoms with Crippen LogP contribution in [0, 0.1) is 11.8 Å². The first-order chi connectivity index (χ1) is 10.8. The van der Waals surface area contributed by atoms with E-state index in [9.17, 15) is 18.0 Å². The number of rotatable bonds is 5. The van der Waals surface area contributed by atoms with Gasteiger partial charge in [-0.05, 0) is 38.0 Å². The van der Waals surface area contributed by atoms with Gasteiger partial charge in [-0.25, -0.2) is 4.79 Å². The number of carbonyl (C=O) groups excluding carboxylic acids is 1. The predicted molar refractivity (Wildman–Crippen MR) is 80.6 cm³/mol. The molecule has 0 saturated heterocycles. The zero-order valence-corrected chi connectivity index (χ0v) is 12.7. The lowest BCUT2D eigenvalue weighted by atomic mass is 10.1. The maximum atomic E-state index is 12.5. The number of amides is 2. The van der Waals surface area contributed by atoms with Crippen LogP contribution in [-0.2, 0) is 6.18 Å². The van der Waals surface area contributed by atoms with Gasteiger partial charge < -0.3 is 15.7 Å². The maximum Gasteiger partial charge on any atom is 0.416 e. The molecule has 0 bridgehead atoms. The summed E-state index contributed by atoms with van der Waals surface area (Å²) in [7, 11) is 0. The maximum absolute atomic E-state index is 12.5. The van der Waals surface area contributed by atoms with Gasteiger partial charge in [0, 0.05) is 18.2 Å². The molecular formula is C16H19F3N2O2. The lowest BCUT2D eigenvalue weighted by Crippen LogP contribution is -2.40. The summed E-state index contributed by atoms with van der Waals surface area (Å²) < 4.78 is 37.6. The van der Waals surface area contributed by atoms with Crippen LogP contribution in [0.3, 0.4) is 0 Å². The number of nitrogens with one attached hydrogen (secondary N) is 2. The number of halogens is 3.